The summed E-state index contributed by atoms with van der Waals surface area (Å²) in [5.41, 5.74) is -0.819. The Hall–Kier alpha value is -1.44. The fourth-order valence-electron chi connectivity index (χ4n) is 2.98. The van der Waals surface area contributed by atoms with Gasteiger partial charge in [0.15, 0.2) is 0 Å². The monoisotopic (exact) mass is 325 g/mol. The minimum atomic E-state index is -0.819. The highest BCUT2D eigenvalue weighted by Crippen LogP contribution is 2.27. The molecule has 3 heterocycles. The molecule has 2 N–H and O–H groups in total. The third-order valence-corrected chi connectivity index (χ3v) is 4.52. The van der Waals surface area contributed by atoms with E-state index in [0.717, 1.165) is 12.4 Å². The predicted molar refractivity (Wildman–Crippen MR) is 82.9 cm³/mol. The normalized spacial score (nSPS) is 22.0. The van der Waals surface area contributed by atoms with Gasteiger partial charge in [0, 0.05) is 38.8 Å². The van der Waals surface area contributed by atoms with Crippen molar-refractivity contribution in [3.05, 3.63) is 17.5 Å². The molecule has 0 radical (unpaired) electrons. The van der Waals surface area contributed by atoms with Gasteiger partial charge in [-0.3, -0.25) is 4.79 Å². The summed E-state index contributed by atoms with van der Waals surface area (Å²) in [6.07, 6.45) is 2.65. The lowest BCUT2D eigenvalue weighted by molar-refractivity contribution is -0.136. The number of β-amino-alcohol motifs (C(OH)–C–C–N with tert-alkyl or cyclic N) is 1. The summed E-state index contributed by atoms with van der Waals surface area (Å²) < 4.78 is 0. The molecule has 0 saturated carbocycles. The van der Waals surface area contributed by atoms with Crippen LogP contribution in [-0.2, 0) is 4.79 Å². The number of nitrogens with one attached hydrogen (secondary N) is 1. The Bertz CT molecular complexity index is 548. The zero-order valence-electron chi connectivity index (χ0n) is 12.3. The first kappa shape index (κ1) is 15.5. The molecule has 22 heavy (non-hydrogen) atoms. The summed E-state index contributed by atoms with van der Waals surface area (Å²) in [5, 5.41) is 14.2. The van der Waals surface area contributed by atoms with E-state index in [1.807, 2.05) is 0 Å². The number of carbonyl (C=O) groups excluding carboxylic acids is 1. The van der Waals surface area contributed by atoms with E-state index in [2.05, 4.69) is 20.2 Å². The van der Waals surface area contributed by atoms with Crippen LogP contribution in [0.5, 0.6) is 0 Å². The van der Waals surface area contributed by atoms with E-state index in [1.165, 1.54) is 6.33 Å². The van der Waals surface area contributed by atoms with E-state index in [1.54, 1.807) is 11.0 Å². The highest BCUT2D eigenvalue weighted by atomic mass is 35.5. The van der Waals surface area contributed by atoms with Crippen molar-refractivity contribution in [2.75, 3.05) is 44.2 Å². The molecule has 3 rings (SSSR count). The maximum atomic E-state index is 11.8. The topological polar surface area (TPSA) is 81.6 Å². The van der Waals surface area contributed by atoms with E-state index in [9.17, 15) is 9.90 Å². The van der Waals surface area contributed by atoms with E-state index in [-0.39, 0.29) is 5.91 Å². The van der Waals surface area contributed by atoms with Crippen LogP contribution in [0.1, 0.15) is 12.8 Å². The number of aromatic nitrogens is 2. The largest absolute Gasteiger partial charge is 0.388 e. The molecule has 2 fully saturated rings. The highest BCUT2D eigenvalue weighted by Gasteiger charge is 2.36. The average Bonchev–Trinajstić information content (AvgIpc) is 2.50. The molecule has 0 atom stereocenters. The second-order valence-electron chi connectivity index (χ2n) is 5.90. The molecule has 120 valence electrons. The van der Waals surface area contributed by atoms with Crippen molar-refractivity contribution in [3.8, 4) is 0 Å². The zero-order chi connectivity index (χ0) is 15.6. The predicted octanol–water partition coefficient (Wildman–Crippen LogP) is -0.107. The summed E-state index contributed by atoms with van der Waals surface area (Å²) in [6, 6.07) is 1.73. The van der Waals surface area contributed by atoms with Crippen molar-refractivity contribution in [1.29, 1.82) is 0 Å². The summed E-state index contributed by atoms with van der Waals surface area (Å²) in [6.45, 7) is 3.58. The van der Waals surface area contributed by atoms with Crippen LogP contribution in [0.4, 0.5) is 5.82 Å². The first-order valence-corrected chi connectivity index (χ1v) is 7.87. The fraction of sp³-hybridized carbons (Fsp3) is 0.643. The van der Waals surface area contributed by atoms with Gasteiger partial charge in [-0.1, -0.05) is 11.6 Å². The Morgan fingerprint density at radius 1 is 1.32 bits per heavy atom. The number of carbonyl (C=O) groups is 1. The number of hydrogen-bond acceptors (Lipinski definition) is 6. The minimum absolute atomic E-state index is 0.0599. The quantitative estimate of drug-likeness (QED) is 0.755. The van der Waals surface area contributed by atoms with Crippen molar-refractivity contribution in [2.24, 2.45) is 0 Å². The lowest BCUT2D eigenvalue weighted by Gasteiger charge is -2.42. The van der Waals surface area contributed by atoms with Crippen molar-refractivity contribution in [1.82, 2.24) is 20.2 Å². The van der Waals surface area contributed by atoms with Crippen LogP contribution in [0.15, 0.2) is 12.4 Å². The van der Waals surface area contributed by atoms with Crippen LogP contribution in [0.25, 0.3) is 0 Å². The molecular formula is C14H20ClN5O2. The second-order valence-corrected chi connectivity index (χ2v) is 6.29. The zero-order valence-corrected chi connectivity index (χ0v) is 13.1. The molecule has 0 bridgehead atoms. The summed E-state index contributed by atoms with van der Waals surface area (Å²) in [4.78, 5) is 23.8. The van der Waals surface area contributed by atoms with E-state index in [0.29, 0.717) is 50.7 Å². The summed E-state index contributed by atoms with van der Waals surface area (Å²) >= 11 is 5.89. The van der Waals surface area contributed by atoms with Crippen LogP contribution < -0.4 is 10.2 Å². The Labute approximate surface area is 134 Å². The number of rotatable bonds is 3. The smallest absolute Gasteiger partial charge is 0.236 e. The van der Waals surface area contributed by atoms with Crippen molar-refractivity contribution in [2.45, 2.75) is 18.4 Å². The minimum Gasteiger partial charge on any atom is -0.388 e. The number of piperidine rings is 1. The number of nitrogens with zero attached hydrogens (tertiary/aromatic N) is 4. The van der Waals surface area contributed by atoms with Crippen LogP contribution in [0, 0.1) is 0 Å². The van der Waals surface area contributed by atoms with Crippen molar-refractivity contribution < 1.29 is 9.90 Å². The lowest BCUT2D eigenvalue weighted by Crippen LogP contribution is -2.56. The van der Waals surface area contributed by atoms with E-state index >= 15 is 0 Å². The van der Waals surface area contributed by atoms with Gasteiger partial charge < -0.3 is 20.2 Å². The van der Waals surface area contributed by atoms with E-state index < -0.39 is 5.60 Å². The molecule has 0 unspecified atom stereocenters. The molecule has 0 aromatic carbocycles. The summed E-state index contributed by atoms with van der Waals surface area (Å²) in [7, 11) is 0. The highest BCUT2D eigenvalue weighted by molar-refractivity contribution is 6.29. The molecule has 0 spiro atoms. The third-order valence-electron chi connectivity index (χ3n) is 4.31. The van der Waals surface area contributed by atoms with Gasteiger partial charge in [0.1, 0.15) is 17.3 Å². The molecule has 1 amide bonds. The van der Waals surface area contributed by atoms with Gasteiger partial charge in [0.05, 0.1) is 12.1 Å². The average molecular weight is 326 g/mol. The molecular weight excluding hydrogens is 306 g/mol. The Morgan fingerprint density at radius 2 is 2.09 bits per heavy atom. The van der Waals surface area contributed by atoms with Gasteiger partial charge in [-0.25, -0.2) is 9.97 Å². The van der Waals surface area contributed by atoms with Crippen LogP contribution in [0.2, 0.25) is 5.15 Å². The number of amides is 1. The maximum absolute atomic E-state index is 11.8. The second kappa shape index (κ2) is 6.36. The number of halogens is 1. The van der Waals surface area contributed by atoms with Gasteiger partial charge in [0.25, 0.3) is 0 Å². The maximum Gasteiger partial charge on any atom is 0.236 e. The standard InChI is InChI=1S/C14H20ClN5O2/c15-11-7-12(18-10-17-11)19-4-1-14(22,2-5-19)9-20-6-3-16-8-13(20)21/h7,10,16,22H,1-6,8-9H2. The Balaban J connectivity index is 1.59. The number of anilines is 1. The van der Waals surface area contributed by atoms with Gasteiger partial charge in [-0.05, 0) is 12.8 Å². The van der Waals surface area contributed by atoms with Crippen LogP contribution in [-0.4, -0.2) is 70.8 Å². The van der Waals surface area contributed by atoms with Crippen LogP contribution >= 0.6 is 11.6 Å². The molecule has 1 aromatic rings. The van der Waals surface area contributed by atoms with Gasteiger partial charge in [-0.15, -0.1) is 0 Å². The molecule has 2 aliphatic rings. The molecule has 2 saturated heterocycles. The van der Waals surface area contributed by atoms with Gasteiger partial charge >= 0.3 is 0 Å². The Kier molecular flexibility index (Phi) is 4.46. The first-order valence-electron chi connectivity index (χ1n) is 7.49. The van der Waals surface area contributed by atoms with Gasteiger partial charge in [0.2, 0.25) is 5.91 Å². The van der Waals surface area contributed by atoms with Crippen molar-refractivity contribution >= 4 is 23.3 Å². The third kappa shape index (κ3) is 3.48. The lowest BCUT2D eigenvalue weighted by atomic mass is 9.90. The number of aliphatic hydroxyl groups is 1. The molecule has 2 aliphatic heterocycles. The number of piperazine rings is 1. The fourth-order valence-corrected chi connectivity index (χ4v) is 3.12. The van der Waals surface area contributed by atoms with E-state index in [4.69, 9.17) is 11.6 Å². The first-order chi connectivity index (χ1) is 10.6. The van der Waals surface area contributed by atoms with Gasteiger partial charge in [-0.2, -0.15) is 0 Å². The van der Waals surface area contributed by atoms with Crippen molar-refractivity contribution in [3.63, 3.8) is 0 Å². The van der Waals surface area contributed by atoms with Crippen LogP contribution in [0.3, 0.4) is 0 Å². The molecule has 8 heteroatoms. The molecule has 7 nitrogen and oxygen atoms in total. The SMILES string of the molecule is O=C1CNCCN1CC1(O)CCN(c2cc(Cl)ncn2)CC1. The molecule has 1 aromatic heterocycles. The number of hydrogen-bond donors (Lipinski definition) is 2. The Morgan fingerprint density at radius 3 is 2.77 bits per heavy atom. The summed E-state index contributed by atoms with van der Waals surface area (Å²) in [5.74, 6) is 0.838. The molecule has 0 aliphatic carbocycles.